The Labute approximate surface area is 130 Å². The van der Waals surface area contributed by atoms with Crippen LogP contribution in [0.5, 0.6) is 0 Å². The minimum atomic E-state index is 0.265. The van der Waals surface area contributed by atoms with Gasteiger partial charge in [-0.3, -0.25) is 0 Å². The van der Waals surface area contributed by atoms with Crippen LogP contribution < -0.4 is 5.32 Å². The largest absolute Gasteiger partial charge is 0.381 e. The van der Waals surface area contributed by atoms with E-state index >= 15 is 0 Å². The molecule has 0 bridgehead atoms. The summed E-state index contributed by atoms with van der Waals surface area (Å²) in [6.45, 7) is 7.34. The van der Waals surface area contributed by atoms with Crippen molar-refractivity contribution in [2.75, 3.05) is 26.8 Å². The standard InChI is InChI=1S/C19H31NO/c1-16(2)10-13-21-14-12-19(15-20-3)11-6-8-17-7-4-5-9-18(17)19/h4-5,7,9,16,20H,6,8,10-15H2,1-3H3. The summed E-state index contributed by atoms with van der Waals surface area (Å²) >= 11 is 0. The molecule has 0 aliphatic heterocycles. The molecule has 0 spiro atoms. The Balaban J connectivity index is 2.01. The topological polar surface area (TPSA) is 21.3 Å². The van der Waals surface area contributed by atoms with Gasteiger partial charge in [-0.2, -0.15) is 0 Å². The zero-order valence-corrected chi connectivity index (χ0v) is 14.0. The highest BCUT2D eigenvalue weighted by Crippen LogP contribution is 2.39. The zero-order chi connectivity index (χ0) is 15.1. The molecule has 0 radical (unpaired) electrons. The van der Waals surface area contributed by atoms with Crippen LogP contribution in [0.1, 0.15) is 50.7 Å². The Kier molecular flexibility index (Phi) is 6.25. The lowest BCUT2D eigenvalue weighted by Crippen LogP contribution is -2.40. The number of ether oxygens (including phenoxy) is 1. The van der Waals surface area contributed by atoms with Crippen LogP contribution in [-0.2, 0) is 16.6 Å². The van der Waals surface area contributed by atoms with Crippen LogP contribution in [0.2, 0.25) is 0 Å². The van der Waals surface area contributed by atoms with E-state index in [0.717, 1.165) is 38.5 Å². The summed E-state index contributed by atoms with van der Waals surface area (Å²) in [5, 5.41) is 3.42. The predicted molar refractivity (Wildman–Crippen MR) is 89.9 cm³/mol. The van der Waals surface area contributed by atoms with Gasteiger partial charge in [0.05, 0.1) is 0 Å². The molecule has 1 atom stereocenters. The van der Waals surface area contributed by atoms with Crippen molar-refractivity contribution in [3.8, 4) is 0 Å². The summed E-state index contributed by atoms with van der Waals surface area (Å²) in [5.74, 6) is 0.728. The van der Waals surface area contributed by atoms with Crippen molar-refractivity contribution in [2.24, 2.45) is 5.92 Å². The SMILES string of the molecule is CNCC1(CCOCCC(C)C)CCCc2ccccc21. The van der Waals surface area contributed by atoms with Gasteiger partial charge in [-0.05, 0) is 56.2 Å². The van der Waals surface area contributed by atoms with Crippen molar-refractivity contribution in [2.45, 2.75) is 51.4 Å². The maximum absolute atomic E-state index is 5.91. The van der Waals surface area contributed by atoms with E-state index in [0.29, 0.717) is 0 Å². The van der Waals surface area contributed by atoms with Gasteiger partial charge < -0.3 is 10.1 Å². The summed E-state index contributed by atoms with van der Waals surface area (Å²) in [4.78, 5) is 0. The second-order valence-corrected chi connectivity index (χ2v) is 6.87. The maximum atomic E-state index is 5.91. The molecule has 1 aromatic rings. The van der Waals surface area contributed by atoms with Crippen molar-refractivity contribution in [3.05, 3.63) is 35.4 Å². The lowest BCUT2D eigenvalue weighted by atomic mass is 9.68. The molecule has 1 aliphatic rings. The van der Waals surface area contributed by atoms with Crippen molar-refractivity contribution in [1.82, 2.24) is 5.32 Å². The van der Waals surface area contributed by atoms with Crippen molar-refractivity contribution >= 4 is 0 Å². The molecule has 0 fully saturated rings. The summed E-state index contributed by atoms with van der Waals surface area (Å²) in [6, 6.07) is 9.00. The third-order valence-electron chi connectivity index (χ3n) is 4.77. The van der Waals surface area contributed by atoms with E-state index < -0.39 is 0 Å². The first-order valence-corrected chi connectivity index (χ1v) is 8.49. The van der Waals surface area contributed by atoms with Gasteiger partial charge in [-0.25, -0.2) is 0 Å². The predicted octanol–water partition coefficient (Wildman–Crippen LogP) is 3.93. The number of rotatable bonds is 8. The third-order valence-corrected chi connectivity index (χ3v) is 4.77. The van der Waals surface area contributed by atoms with Gasteiger partial charge in [-0.1, -0.05) is 38.1 Å². The van der Waals surface area contributed by atoms with Crippen LogP contribution in [0.25, 0.3) is 0 Å². The first-order valence-electron chi connectivity index (χ1n) is 8.49. The van der Waals surface area contributed by atoms with Gasteiger partial charge in [0.1, 0.15) is 0 Å². The fraction of sp³-hybridized carbons (Fsp3) is 0.684. The van der Waals surface area contributed by atoms with Crippen LogP contribution >= 0.6 is 0 Å². The van der Waals surface area contributed by atoms with Crippen molar-refractivity contribution < 1.29 is 4.74 Å². The first-order chi connectivity index (χ1) is 10.2. The molecule has 118 valence electrons. The zero-order valence-electron chi connectivity index (χ0n) is 14.0. The monoisotopic (exact) mass is 289 g/mol. The Morgan fingerprint density at radius 3 is 2.81 bits per heavy atom. The minimum absolute atomic E-state index is 0.265. The number of likely N-dealkylation sites (N-methyl/N-ethyl adjacent to an activating group) is 1. The highest BCUT2D eigenvalue weighted by molar-refractivity contribution is 5.37. The number of hydrogen-bond acceptors (Lipinski definition) is 2. The highest BCUT2D eigenvalue weighted by Gasteiger charge is 2.35. The highest BCUT2D eigenvalue weighted by atomic mass is 16.5. The Morgan fingerprint density at radius 1 is 1.24 bits per heavy atom. The summed E-state index contributed by atoms with van der Waals surface area (Å²) in [6.07, 6.45) is 6.09. The molecule has 0 saturated heterocycles. The average molecular weight is 289 g/mol. The summed E-state index contributed by atoms with van der Waals surface area (Å²) in [7, 11) is 2.07. The molecule has 1 aromatic carbocycles. The number of nitrogens with one attached hydrogen (secondary N) is 1. The van der Waals surface area contributed by atoms with Gasteiger partial charge in [0.2, 0.25) is 0 Å². The molecule has 0 saturated carbocycles. The van der Waals surface area contributed by atoms with E-state index in [4.69, 9.17) is 4.74 Å². The Hall–Kier alpha value is -0.860. The molecule has 2 heteroatoms. The minimum Gasteiger partial charge on any atom is -0.381 e. The van der Waals surface area contributed by atoms with Gasteiger partial charge in [0.15, 0.2) is 0 Å². The van der Waals surface area contributed by atoms with E-state index in [9.17, 15) is 0 Å². The Bertz CT molecular complexity index is 429. The van der Waals surface area contributed by atoms with E-state index in [1.807, 2.05) is 0 Å². The smallest absolute Gasteiger partial charge is 0.0475 e. The fourth-order valence-corrected chi connectivity index (χ4v) is 3.57. The van der Waals surface area contributed by atoms with E-state index in [-0.39, 0.29) is 5.41 Å². The second-order valence-electron chi connectivity index (χ2n) is 6.87. The maximum Gasteiger partial charge on any atom is 0.0475 e. The number of aryl methyl sites for hydroxylation is 1. The molecule has 2 rings (SSSR count). The van der Waals surface area contributed by atoms with Crippen molar-refractivity contribution in [1.29, 1.82) is 0 Å². The van der Waals surface area contributed by atoms with E-state index in [1.165, 1.54) is 19.3 Å². The molecule has 1 aliphatic carbocycles. The van der Waals surface area contributed by atoms with Crippen LogP contribution in [0.15, 0.2) is 24.3 Å². The lowest BCUT2D eigenvalue weighted by Gasteiger charge is -2.39. The van der Waals surface area contributed by atoms with Crippen molar-refractivity contribution in [3.63, 3.8) is 0 Å². The first kappa shape index (κ1) is 16.5. The normalized spacial score (nSPS) is 21.5. The molecular formula is C19H31NO. The quantitative estimate of drug-likeness (QED) is 0.732. The molecule has 1 unspecified atom stereocenters. The molecule has 21 heavy (non-hydrogen) atoms. The Morgan fingerprint density at radius 2 is 2.05 bits per heavy atom. The van der Waals surface area contributed by atoms with Gasteiger partial charge >= 0.3 is 0 Å². The number of benzene rings is 1. The van der Waals surface area contributed by atoms with Crippen LogP contribution in [-0.4, -0.2) is 26.8 Å². The van der Waals surface area contributed by atoms with Gasteiger partial charge in [0.25, 0.3) is 0 Å². The molecule has 1 N–H and O–H groups in total. The molecule has 0 heterocycles. The lowest BCUT2D eigenvalue weighted by molar-refractivity contribution is 0.100. The number of hydrogen-bond donors (Lipinski definition) is 1. The summed E-state index contributed by atoms with van der Waals surface area (Å²) < 4.78 is 5.91. The number of fused-ring (bicyclic) bond motifs is 1. The van der Waals surface area contributed by atoms with Crippen LogP contribution in [0, 0.1) is 5.92 Å². The average Bonchev–Trinajstić information content (AvgIpc) is 2.47. The fourth-order valence-electron chi connectivity index (χ4n) is 3.57. The third kappa shape index (κ3) is 4.31. The van der Waals surface area contributed by atoms with Gasteiger partial charge in [-0.15, -0.1) is 0 Å². The van der Waals surface area contributed by atoms with Crippen LogP contribution in [0.4, 0.5) is 0 Å². The second kappa shape index (κ2) is 7.95. The van der Waals surface area contributed by atoms with Gasteiger partial charge in [0, 0.05) is 25.2 Å². The molecule has 0 aromatic heterocycles. The van der Waals surface area contributed by atoms with E-state index in [1.54, 1.807) is 11.1 Å². The van der Waals surface area contributed by atoms with Crippen LogP contribution in [0.3, 0.4) is 0 Å². The molecule has 0 amide bonds. The van der Waals surface area contributed by atoms with E-state index in [2.05, 4.69) is 50.5 Å². The molecular weight excluding hydrogens is 258 g/mol. The molecule has 2 nitrogen and oxygen atoms in total. The summed E-state index contributed by atoms with van der Waals surface area (Å²) in [5.41, 5.74) is 3.36.